The Kier molecular flexibility index (Phi) is 10.2. The van der Waals surface area contributed by atoms with Gasteiger partial charge in [-0.1, -0.05) is 95.3 Å². The molecule has 3 aromatic carbocycles. The minimum absolute atomic E-state index is 0.0319. The van der Waals surface area contributed by atoms with Gasteiger partial charge in [-0.05, 0) is 59.6 Å². The van der Waals surface area contributed by atoms with Crippen molar-refractivity contribution in [3.8, 4) is 11.3 Å². The van der Waals surface area contributed by atoms with E-state index in [0.717, 1.165) is 28.4 Å². The average Bonchev–Trinajstić information content (AvgIpc) is 3.40. The summed E-state index contributed by atoms with van der Waals surface area (Å²) in [4.78, 5) is 20.9. The Morgan fingerprint density at radius 3 is 1.98 bits per heavy atom. The summed E-state index contributed by atoms with van der Waals surface area (Å²) >= 11 is 1.58. The number of hydrogen-bond donors (Lipinski definition) is 1. The second-order valence-electron chi connectivity index (χ2n) is 12.8. The van der Waals surface area contributed by atoms with Crippen molar-refractivity contribution >= 4 is 23.0 Å². The Morgan fingerprint density at radius 1 is 0.833 bits per heavy atom. The van der Waals surface area contributed by atoms with Crippen LogP contribution < -0.4 is 4.90 Å². The van der Waals surface area contributed by atoms with Gasteiger partial charge in [0.1, 0.15) is 5.01 Å². The number of nitrogens with zero attached hydrogens (tertiary/aromatic N) is 3. The van der Waals surface area contributed by atoms with Crippen LogP contribution in [0.15, 0.2) is 78.2 Å². The van der Waals surface area contributed by atoms with E-state index in [2.05, 4.69) is 132 Å². The van der Waals surface area contributed by atoms with Crippen LogP contribution in [0.2, 0.25) is 0 Å². The molecule has 0 radical (unpaired) electrons. The number of aliphatic carboxylic acids is 1. The Labute approximate surface area is 255 Å². The van der Waals surface area contributed by atoms with Crippen molar-refractivity contribution in [3.63, 3.8) is 0 Å². The Morgan fingerprint density at radius 2 is 1.43 bits per heavy atom. The van der Waals surface area contributed by atoms with E-state index in [1.165, 1.54) is 22.4 Å². The molecule has 42 heavy (non-hydrogen) atoms. The zero-order chi connectivity index (χ0) is 30.4. The maximum atomic E-state index is 11.6. The fourth-order valence-corrected chi connectivity index (χ4v) is 5.88. The van der Waals surface area contributed by atoms with Crippen LogP contribution in [-0.2, 0) is 29.8 Å². The smallest absolute Gasteiger partial charge is 0.317 e. The average molecular weight is 584 g/mol. The predicted molar refractivity (Wildman–Crippen MR) is 176 cm³/mol. The fourth-order valence-electron chi connectivity index (χ4n) is 5.04. The van der Waals surface area contributed by atoms with Crippen LogP contribution in [0.1, 0.15) is 81.6 Å². The number of anilines is 1. The Hall–Kier alpha value is -3.48. The zero-order valence-electron chi connectivity index (χ0n) is 26.1. The first-order chi connectivity index (χ1) is 19.9. The van der Waals surface area contributed by atoms with Gasteiger partial charge in [-0.25, -0.2) is 4.98 Å². The van der Waals surface area contributed by atoms with E-state index in [9.17, 15) is 9.90 Å². The molecule has 4 aromatic rings. The van der Waals surface area contributed by atoms with Crippen molar-refractivity contribution in [1.29, 1.82) is 0 Å². The predicted octanol–water partition coefficient (Wildman–Crippen LogP) is 8.73. The highest BCUT2D eigenvalue weighted by Gasteiger charge is 2.17. The largest absolute Gasteiger partial charge is 0.480 e. The zero-order valence-corrected chi connectivity index (χ0v) is 26.9. The third-order valence-corrected chi connectivity index (χ3v) is 8.45. The lowest BCUT2D eigenvalue weighted by Crippen LogP contribution is -2.30. The summed E-state index contributed by atoms with van der Waals surface area (Å²) in [5, 5.41) is 12.5. The molecular weight excluding hydrogens is 538 g/mol. The molecule has 0 bridgehead atoms. The van der Waals surface area contributed by atoms with Gasteiger partial charge in [0.2, 0.25) is 0 Å². The standard InChI is InChI=1S/C36H45N3O2S/c1-25(2)29-12-8-28(9-13-29)21-39(26(3)4)32-18-14-30(15-19-32)33-24-42-34(37-33)22-38(23-35(40)41)20-27-10-16-31(17-11-27)36(5,6)7/h8-19,24-26H,20-23H2,1-7H3,(H,40,41). The third kappa shape index (κ3) is 8.52. The number of hydrogen-bond acceptors (Lipinski definition) is 5. The normalized spacial score (nSPS) is 12.0. The number of carboxylic acid groups (broad SMARTS) is 1. The van der Waals surface area contributed by atoms with Gasteiger partial charge in [-0.2, -0.15) is 0 Å². The summed E-state index contributed by atoms with van der Waals surface area (Å²) in [5.74, 6) is -0.302. The SMILES string of the molecule is CC(C)c1ccc(CN(c2ccc(-c3csc(CN(CC(=O)O)Cc4ccc(C(C)(C)C)cc4)n3)cc2)C(C)C)cc1. The summed E-state index contributed by atoms with van der Waals surface area (Å²) in [6.07, 6.45) is 0. The van der Waals surface area contributed by atoms with Gasteiger partial charge in [-0.3, -0.25) is 9.69 Å². The van der Waals surface area contributed by atoms with E-state index in [1.807, 2.05) is 4.90 Å². The maximum Gasteiger partial charge on any atom is 0.317 e. The van der Waals surface area contributed by atoms with Crippen LogP contribution in [0.25, 0.3) is 11.3 Å². The van der Waals surface area contributed by atoms with Gasteiger partial charge < -0.3 is 10.0 Å². The van der Waals surface area contributed by atoms with Gasteiger partial charge in [0, 0.05) is 35.8 Å². The molecule has 1 N–H and O–H groups in total. The molecule has 4 rings (SSSR count). The number of carboxylic acids is 1. The highest BCUT2D eigenvalue weighted by atomic mass is 32.1. The Balaban J connectivity index is 1.44. The molecule has 1 aromatic heterocycles. The molecule has 0 aliphatic rings. The molecule has 0 atom stereocenters. The van der Waals surface area contributed by atoms with Crippen molar-refractivity contribution in [2.75, 3.05) is 11.4 Å². The van der Waals surface area contributed by atoms with Crippen LogP contribution in [-0.4, -0.2) is 33.5 Å². The van der Waals surface area contributed by atoms with Crippen LogP contribution in [0.4, 0.5) is 5.69 Å². The first kappa shape index (κ1) is 31.5. The lowest BCUT2D eigenvalue weighted by Gasteiger charge is -2.29. The lowest BCUT2D eigenvalue weighted by molar-refractivity contribution is -0.138. The molecule has 0 saturated heterocycles. The summed E-state index contributed by atoms with van der Waals surface area (Å²) < 4.78 is 0. The first-order valence-corrected chi connectivity index (χ1v) is 15.7. The molecule has 0 saturated carbocycles. The van der Waals surface area contributed by atoms with E-state index in [0.29, 0.717) is 25.0 Å². The van der Waals surface area contributed by atoms with E-state index < -0.39 is 5.97 Å². The topological polar surface area (TPSA) is 56.7 Å². The van der Waals surface area contributed by atoms with Crippen molar-refractivity contribution in [2.45, 2.75) is 85.5 Å². The second kappa shape index (κ2) is 13.7. The van der Waals surface area contributed by atoms with Crippen molar-refractivity contribution in [3.05, 3.63) is 105 Å². The van der Waals surface area contributed by atoms with Crippen molar-refractivity contribution in [2.24, 2.45) is 0 Å². The minimum Gasteiger partial charge on any atom is -0.480 e. The van der Waals surface area contributed by atoms with Gasteiger partial charge in [0.25, 0.3) is 0 Å². The lowest BCUT2D eigenvalue weighted by atomic mass is 9.87. The quantitative estimate of drug-likeness (QED) is 0.181. The van der Waals surface area contributed by atoms with E-state index in [1.54, 1.807) is 11.3 Å². The van der Waals surface area contributed by atoms with Crippen LogP contribution in [0.5, 0.6) is 0 Å². The number of benzene rings is 3. The minimum atomic E-state index is -0.834. The summed E-state index contributed by atoms with van der Waals surface area (Å²) in [6, 6.07) is 26.4. The van der Waals surface area contributed by atoms with E-state index in [-0.39, 0.29) is 12.0 Å². The van der Waals surface area contributed by atoms with Crippen LogP contribution in [0, 0.1) is 0 Å². The van der Waals surface area contributed by atoms with Gasteiger partial charge in [0.15, 0.2) is 0 Å². The molecule has 0 unspecified atom stereocenters. The number of carbonyl (C=O) groups is 1. The van der Waals surface area contributed by atoms with Crippen molar-refractivity contribution in [1.82, 2.24) is 9.88 Å². The summed E-state index contributed by atoms with van der Waals surface area (Å²) in [7, 11) is 0. The molecule has 0 amide bonds. The van der Waals surface area contributed by atoms with Gasteiger partial charge in [0.05, 0.1) is 18.8 Å². The van der Waals surface area contributed by atoms with E-state index >= 15 is 0 Å². The molecule has 0 fully saturated rings. The van der Waals surface area contributed by atoms with E-state index in [4.69, 9.17) is 4.98 Å². The molecule has 6 heteroatoms. The highest BCUT2D eigenvalue weighted by Crippen LogP contribution is 2.28. The maximum absolute atomic E-state index is 11.6. The Bertz CT molecular complexity index is 1430. The molecule has 1 heterocycles. The third-order valence-electron chi connectivity index (χ3n) is 7.61. The monoisotopic (exact) mass is 583 g/mol. The molecule has 0 aliphatic heterocycles. The summed E-state index contributed by atoms with van der Waals surface area (Å²) in [5.41, 5.74) is 8.29. The number of rotatable bonds is 12. The summed E-state index contributed by atoms with van der Waals surface area (Å²) in [6.45, 7) is 17.4. The molecule has 222 valence electrons. The van der Waals surface area contributed by atoms with Crippen molar-refractivity contribution < 1.29 is 9.90 Å². The first-order valence-electron chi connectivity index (χ1n) is 14.8. The molecular formula is C36H45N3O2S. The second-order valence-corrected chi connectivity index (χ2v) is 13.7. The fraction of sp³-hybridized carbons (Fsp3) is 0.389. The molecule has 0 aliphatic carbocycles. The molecule has 5 nitrogen and oxygen atoms in total. The number of aromatic nitrogens is 1. The highest BCUT2D eigenvalue weighted by molar-refractivity contribution is 7.09. The van der Waals surface area contributed by atoms with Gasteiger partial charge in [-0.15, -0.1) is 11.3 Å². The van der Waals surface area contributed by atoms with Crippen LogP contribution >= 0.6 is 11.3 Å². The number of thiazole rings is 1. The van der Waals surface area contributed by atoms with Crippen LogP contribution in [0.3, 0.4) is 0 Å². The molecule has 0 spiro atoms. The van der Waals surface area contributed by atoms with Gasteiger partial charge >= 0.3 is 5.97 Å².